The third kappa shape index (κ3) is 69.5. The zero-order valence-corrected chi connectivity index (χ0v) is 55.5. The quantitative estimate of drug-likeness (QED) is 0.0261. The molecule has 6 heteroatoms. The smallest absolute Gasteiger partial charge is 0.306 e. The van der Waals surface area contributed by atoms with E-state index in [1.54, 1.807) is 0 Å². The first-order chi connectivity index (χ1) is 41.0. The molecule has 1 unspecified atom stereocenters. The summed E-state index contributed by atoms with van der Waals surface area (Å²) in [6.45, 7) is 6.58. The number of carbonyl (C=O) groups excluding carboxylic acids is 3. The van der Waals surface area contributed by atoms with Crippen LogP contribution in [0.25, 0.3) is 0 Å². The Balaban J connectivity index is 4.37. The zero-order valence-electron chi connectivity index (χ0n) is 55.5. The summed E-state index contributed by atoms with van der Waals surface area (Å²) in [7, 11) is 0. The van der Waals surface area contributed by atoms with Gasteiger partial charge in [-0.3, -0.25) is 14.4 Å². The van der Waals surface area contributed by atoms with Gasteiger partial charge >= 0.3 is 17.9 Å². The van der Waals surface area contributed by atoms with E-state index in [0.717, 1.165) is 109 Å². The monoisotopic (exact) mass is 1160 g/mol. The van der Waals surface area contributed by atoms with Gasteiger partial charge in [-0.25, -0.2) is 0 Å². The second-order valence-electron chi connectivity index (χ2n) is 24.5. The van der Waals surface area contributed by atoms with Gasteiger partial charge in [0.1, 0.15) is 13.2 Å². The van der Waals surface area contributed by atoms with Crippen LogP contribution in [0.15, 0.2) is 72.9 Å². The number of esters is 3. The highest BCUT2D eigenvalue weighted by Gasteiger charge is 2.19. The summed E-state index contributed by atoms with van der Waals surface area (Å²) >= 11 is 0. The molecule has 482 valence electrons. The molecule has 0 fully saturated rings. The summed E-state index contributed by atoms with van der Waals surface area (Å²) in [5.41, 5.74) is 0. The standard InChI is InChI=1S/C77H138O6/c1-4-7-10-13-16-19-22-25-28-31-34-37-38-41-43-46-49-52-55-58-61-64-67-70-76(79)82-73-74(83-77(80)71-68-65-62-59-56-53-50-47-44-40-36-33-30-27-24-21-18-15-12-9-6-3)72-81-75(78)69-66-63-60-57-54-51-48-45-42-39-35-32-29-26-23-20-17-14-11-8-5-2/h9,12,18,21,27,30-31,34,36,40,47,50,74H,4-8,10-11,13-17,19-20,22-26,28-29,32-33,35,37-39,41-46,48-49,51-73H2,1-3H3/b12-9-,21-18-,30-27-,34-31-,40-36-,50-47-. The highest BCUT2D eigenvalue weighted by Crippen LogP contribution is 2.18. The lowest BCUT2D eigenvalue weighted by molar-refractivity contribution is -0.167. The van der Waals surface area contributed by atoms with E-state index in [0.29, 0.717) is 19.3 Å². The predicted molar refractivity (Wildman–Crippen MR) is 362 cm³/mol. The first-order valence-electron chi connectivity index (χ1n) is 36.4. The van der Waals surface area contributed by atoms with Crippen LogP contribution in [0.1, 0.15) is 380 Å². The minimum absolute atomic E-state index is 0.0797. The predicted octanol–water partition coefficient (Wildman–Crippen LogP) is 25.2. The van der Waals surface area contributed by atoms with Crippen LogP contribution in [0.5, 0.6) is 0 Å². The Kier molecular flexibility index (Phi) is 68.6. The van der Waals surface area contributed by atoms with Crippen LogP contribution in [0, 0.1) is 0 Å². The van der Waals surface area contributed by atoms with E-state index < -0.39 is 6.10 Å². The molecule has 0 aliphatic heterocycles. The van der Waals surface area contributed by atoms with E-state index in [9.17, 15) is 14.4 Å². The largest absolute Gasteiger partial charge is 0.462 e. The highest BCUT2D eigenvalue weighted by atomic mass is 16.6. The van der Waals surface area contributed by atoms with E-state index in [4.69, 9.17) is 14.2 Å². The van der Waals surface area contributed by atoms with Crippen molar-refractivity contribution in [2.24, 2.45) is 0 Å². The van der Waals surface area contributed by atoms with Crippen LogP contribution in [-0.2, 0) is 28.6 Å². The van der Waals surface area contributed by atoms with E-state index >= 15 is 0 Å². The minimum atomic E-state index is -0.787. The van der Waals surface area contributed by atoms with Crippen molar-refractivity contribution < 1.29 is 28.6 Å². The molecule has 83 heavy (non-hydrogen) atoms. The van der Waals surface area contributed by atoms with Gasteiger partial charge in [-0.05, 0) is 89.9 Å². The average Bonchev–Trinajstić information content (AvgIpc) is 3.49. The van der Waals surface area contributed by atoms with Crippen molar-refractivity contribution in [3.8, 4) is 0 Å². The lowest BCUT2D eigenvalue weighted by atomic mass is 10.0. The van der Waals surface area contributed by atoms with Gasteiger partial charge in [-0.1, -0.05) is 344 Å². The Morgan fingerprint density at radius 2 is 0.470 bits per heavy atom. The molecule has 0 heterocycles. The molecule has 0 rings (SSSR count). The minimum Gasteiger partial charge on any atom is -0.462 e. The third-order valence-corrected chi connectivity index (χ3v) is 16.2. The Morgan fingerprint density at radius 3 is 0.747 bits per heavy atom. The van der Waals surface area contributed by atoms with Crippen LogP contribution in [0.4, 0.5) is 0 Å². The average molecular weight is 1160 g/mol. The van der Waals surface area contributed by atoms with Gasteiger partial charge in [0.05, 0.1) is 0 Å². The topological polar surface area (TPSA) is 78.9 Å². The van der Waals surface area contributed by atoms with Crippen molar-refractivity contribution in [1.29, 1.82) is 0 Å². The zero-order chi connectivity index (χ0) is 59.9. The van der Waals surface area contributed by atoms with Gasteiger partial charge in [0.15, 0.2) is 6.10 Å². The Morgan fingerprint density at radius 1 is 0.253 bits per heavy atom. The summed E-state index contributed by atoms with van der Waals surface area (Å²) in [5, 5.41) is 0. The molecule has 0 aromatic rings. The van der Waals surface area contributed by atoms with Gasteiger partial charge in [0, 0.05) is 19.3 Å². The first-order valence-corrected chi connectivity index (χ1v) is 36.4. The van der Waals surface area contributed by atoms with Crippen LogP contribution in [0.2, 0.25) is 0 Å². The summed E-state index contributed by atoms with van der Waals surface area (Å²) in [5.74, 6) is -0.875. The van der Waals surface area contributed by atoms with Gasteiger partial charge in [0.25, 0.3) is 0 Å². The fourth-order valence-electron chi connectivity index (χ4n) is 10.8. The van der Waals surface area contributed by atoms with Crippen LogP contribution >= 0.6 is 0 Å². The second-order valence-corrected chi connectivity index (χ2v) is 24.5. The first kappa shape index (κ1) is 79.8. The van der Waals surface area contributed by atoms with Gasteiger partial charge < -0.3 is 14.2 Å². The molecular formula is C77H138O6. The molecule has 0 saturated heterocycles. The maximum Gasteiger partial charge on any atom is 0.306 e. The maximum atomic E-state index is 13.0. The number of hydrogen-bond donors (Lipinski definition) is 0. The van der Waals surface area contributed by atoms with Gasteiger partial charge in [-0.15, -0.1) is 0 Å². The molecule has 0 bridgehead atoms. The van der Waals surface area contributed by atoms with Crippen LogP contribution in [0.3, 0.4) is 0 Å². The number of carbonyl (C=O) groups is 3. The molecular weight excluding hydrogens is 1020 g/mol. The Hall–Kier alpha value is -3.15. The van der Waals surface area contributed by atoms with Crippen molar-refractivity contribution >= 4 is 17.9 Å². The summed E-state index contributed by atoms with van der Waals surface area (Å²) in [4.78, 5) is 38.5. The lowest BCUT2D eigenvalue weighted by Gasteiger charge is -2.18. The molecule has 6 nitrogen and oxygen atoms in total. The maximum absolute atomic E-state index is 13.0. The fraction of sp³-hybridized carbons (Fsp3) is 0.805. The second kappa shape index (κ2) is 71.3. The fourth-order valence-corrected chi connectivity index (χ4v) is 10.8. The lowest BCUT2D eigenvalue weighted by Crippen LogP contribution is -2.30. The number of rotatable bonds is 67. The SMILES string of the molecule is CC/C=C\C/C=C\C/C=C\C/C=C\C/C=C\CCCCCCCC(=O)OC(COC(=O)CCCCCCCCCCCCC/C=C\CCCCCCCCCC)COC(=O)CCCCCCCCCCCCCCCCCCCCCCC. The summed E-state index contributed by atoms with van der Waals surface area (Å²) in [6.07, 6.45) is 93.6. The Labute approximate surface area is 516 Å². The number of allylic oxidation sites excluding steroid dienone is 12. The Bertz CT molecular complexity index is 1520. The van der Waals surface area contributed by atoms with Crippen LogP contribution in [-0.4, -0.2) is 37.2 Å². The molecule has 0 N–H and O–H groups in total. The molecule has 0 aromatic heterocycles. The number of ether oxygens (including phenoxy) is 3. The van der Waals surface area contributed by atoms with E-state index in [-0.39, 0.29) is 31.1 Å². The highest BCUT2D eigenvalue weighted by molar-refractivity contribution is 5.71. The van der Waals surface area contributed by atoms with Crippen molar-refractivity contribution in [1.82, 2.24) is 0 Å². The third-order valence-electron chi connectivity index (χ3n) is 16.2. The van der Waals surface area contributed by atoms with Crippen molar-refractivity contribution in [3.63, 3.8) is 0 Å². The van der Waals surface area contributed by atoms with E-state index in [1.165, 1.54) is 231 Å². The molecule has 0 spiro atoms. The summed E-state index contributed by atoms with van der Waals surface area (Å²) in [6, 6.07) is 0. The van der Waals surface area contributed by atoms with E-state index in [1.807, 2.05) is 0 Å². The van der Waals surface area contributed by atoms with Crippen LogP contribution < -0.4 is 0 Å². The molecule has 0 radical (unpaired) electrons. The number of hydrogen-bond acceptors (Lipinski definition) is 6. The number of unbranched alkanes of at least 4 members (excludes halogenated alkanes) is 44. The molecule has 0 amide bonds. The molecule has 0 aliphatic rings. The van der Waals surface area contributed by atoms with Crippen molar-refractivity contribution in [2.75, 3.05) is 13.2 Å². The van der Waals surface area contributed by atoms with Crippen molar-refractivity contribution in [3.05, 3.63) is 72.9 Å². The normalized spacial score (nSPS) is 12.5. The van der Waals surface area contributed by atoms with Gasteiger partial charge in [-0.2, -0.15) is 0 Å². The van der Waals surface area contributed by atoms with Gasteiger partial charge in [0.2, 0.25) is 0 Å². The summed E-state index contributed by atoms with van der Waals surface area (Å²) < 4.78 is 17.0. The molecule has 0 aromatic carbocycles. The molecule has 0 aliphatic carbocycles. The molecule has 1 atom stereocenters. The molecule has 0 saturated carbocycles. The van der Waals surface area contributed by atoms with E-state index in [2.05, 4.69) is 93.7 Å². The van der Waals surface area contributed by atoms with Crippen molar-refractivity contribution in [2.45, 2.75) is 386 Å².